The monoisotopic (exact) mass is 344 g/mol. The largest absolute Gasteiger partial charge is 0.342 e. The lowest BCUT2D eigenvalue weighted by Crippen LogP contribution is -2.31. The first kappa shape index (κ1) is 18.4. The smallest absolute Gasteiger partial charge is 0.288 e. The average molecular weight is 344 g/mol. The Bertz CT molecular complexity index is 646. The van der Waals surface area contributed by atoms with E-state index in [2.05, 4.69) is 0 Å². The highest BCUT2D eigenvalue weighted by atomic mass is 32.2. The van der Waals surface area contributed by atoms with Crippen LogP contribution in [0.15, 0.2) is 4.79 Å². The van der Waals surface area contributed by atoms with Crippen molar-refractivity contribution in [2.24, 2.45) is 0 Å². The molecule has 1 heterocycles. The normalized spacial score (nSPS) is 10.5. The van der Waals surface area contributed by atoms with E-state index in [1.807, 2.05) is 0 Å². The van der Waals surface area contributed by atoms with Gasteiger partial charge in [0.2, 0.25) is 11.8 Å². The topological polar surface area (TPSA) is 95.2 Å². The molecule has 0 amide bonds. The van der Waals surface area contributed by atoms with E-state index in [0.29, 0.717) is 0 Å². The van der Waals surface area contributed by atoms with Gasteiger partial charge in [0.1, 0.15) is 0 Å². The summed E-state index contributed by atoms with van der Waals surface area (Å²) >= 11 is 1.86. The Morgan fingerprint density at radius 1 is 0.773 bits per heavy atom. The first-order chi connectivity index (χ1) is 10.2. The lowest BCUT2D eigenvalue weighted by atomic mass is 10.3. The number of carbonyl (C=O) groups excluding carboxylic acids is 4. The Morgan fingerprint density at radius 2 is 1.09 bits per heavy atom. The van der Waals surface area contributed by atoms with Gasteiger partial charge >= 0.3 is 5.69 Å². The number of hydrogen-bond acceptors (Lipinski definition) is 7. The first-order valence-corrected chi connectivity index (χ1v) is 8.28. The standard InChI is InChI=1S/C13H16N2O5S2/c1-7(16)14-11(5-21-9(3)18)12(6-22-10(4)19)15(8(2)17)13(14)20/h5-6H2,1-4H3. The van der Waals surface area contributed by atoms with Crippen molar-refractivity contribution in [2.45, 2.75) is 39.2 Å². The van der Waals surface area contributed by atoms with Crippen molar-refractivity contribution in [3.63, 3.8) is 0 Å². The molecule has 0 aliphatic rings. The van der Waals surface area contributed by atoms with Gasteiger partial charge < -0.3 is 0 Å². The molecule has 0 aliphatic heterocycles. The van der Waals surface area contributed by atoms with E-state index in [9.17, 15) is 24.0 Å². The van der Waals surface area contributed by atoms with Gasteiger partial charge in [0.15, 0.2) is 10.2 Å². The molecule has 0 N–H and O–H groups in total. The van der Waals surface area contributed by atoms with Gasteiger partial charge in [-0.3, -0.25) is 19.2 Å². The zero-order chi connectivity index (χ0) is 17.0. The number of aromatic nitrogens is 2. The number of hydrogen-bond donors (Lipinski definition) is 0. The van der Waals surface area contributed by atoms with Crippen molar-refractivity contribution >= 4 is 45.6 Å². The average Bonchev–Trinajstić information content (AvgIpc) is 2.65. The third-order valence-corrected chi connectivity index (χ3v) is 4.36. The van der Waals surface area contributed by atoms with Crippen LogP contribution in [0.5, 0.6) is 0 Å². The molecule has 0 fully saturated rings. The highest BCUT2D eigenvalue weighted by Gasteiger charge is 2.24. The van der Waals surface area contributed by atoms with Gasteiger partial charge in [-0.05, 0) is 0 Å². The minimum Gasteiger partial charge on any atom is -0.288 e. The van der Waals surface area contributed by atoms with Crippen molar-refractivity contribution in [1.29, 1.82) is 0 Å². The van der Waals surface area contributed by atoms with Gasteiger partial charge in [-0.1, -0.05) is 23.5 Å². The summed E-state index contributed by atoms with van der Waals surface area (Å²) in [6.45, 7) is 5.14. The third-order valence-electron chi connectivity index (χ3n) is 2.71. The van der Waals surface area contributed by atoms with Crippen LogP contribution in [0.3, 0.4) is 0 Å². The lowest BCUT2D eigenvalue weighted by molar-refractivity contribution is -0.109. The van der Waals surface area contributed by atoms with Crippen molar-refractivity contribution in [3.8, 4) is 0 Å². The Kier molecular flexibility index (Phi) is 6.36. The molecule has 9 heteroatoms. The molecule has 0 saturated carbocycles. The van der Waals surface area contributed by atoms with Crippen LogP contribution in [0.2, 0.25) is 0 Å². The van der Waals surface area contributed by atoms with Crippen molar-refractivity contribution < 1.29 is 19.2 Å². The Balaban J connectivity index is 3.51. The molecule has 1 rings (SSSR count). The quantitative estimate of drug-likeness (QED) is 0.817. The summed E-state index contributed by atoms with van der Waals surface area (Å²) in [5, 5.41) is -0.355. The molecule has 120 valence electrons. The second-order valence-corrected chi connectivity index (χ2v) is 6.75. The van der Waals surface area contributed by atoms with Crippen LogP contribution >= 0.6 is 23.5 Å². The van der Waals surface area contributed by atoms with Crippen molar-refractivity contribution in [2.75, 3.05) is 0 Å². The van der Waals surface area contributed by atoms with Gasteiger partial charge in [-0.25, -0.2) is 13.9 Å². The van der Waals surface area contributed by atoms with E-state index in [1.54, 1.807) is 0 Å². The molecule has 22 heavy (non-hydrogen) atoms. The predicted octanol–water partition coefficient (Wildman–Crippen LogP) is 1.53. The van der Waals surface area contributed by atoms with Crippen LogP contribution in [0.25, 0.3) is 0 Å². The van der Waals surface area contributed by atoms with Gasteiger partial charge in [-0.2, -0.15) is 0 Å². The van der Waals surface area contributed by atoms with E-state index in [1.165, 1.54) is 27.7 Å². The molecule has 0 unspecified atom stereocenters. The van der Waals surface area contributed by atoms with Crippen LogP contribution in [-0.4, -0.2) is 31.2 Å². The number of carbonyl (C=O) groups is 4. The fourth-order valence-corrected chi connectivity index (χ4v) is 3.15. The minimum absolute atomic E-state index is 0.0816. The molecular formula is C13H16N2O5S2. The summed E-state index contributed by atoms with van der Waals surface area (Å²) in [6, 6.07) is 0. The third kappa shape index (κ3) is 4.20. The molecule has 0 radical (unpaired) electrons. The number of imidazole rings is 1. The van der Waals surface area contributed by atoms with E-state index >= 15 is 0 Å². The van der Waals surface area contributed by atoms with Crippen molar-refractivity contribution in [1.82, 2.24) is 9.13 Å². The number of rotatable bonds is 4. The summed E-state index contributed by atoms with van der Waals surface area (Å²) in [4.78, 5) is 58.1. The Labute approximate surface area is 135 Å². The van der Waals surface area contributed by atoms with Crippen LogP contribution in [0.4, 0.5) is 0 Å². The van der Waals surface area contributed by atoms with Crippen LogP contribution in [0.1, 0.15) is 48.7 Å². The Morgan fingerprint density at radius 3 is 1.32 bits per heavy atom. The molecule has 1 aromatic heterocycles. The SMILES string of the molecule is CC(=O)SCc1c(CSC(C)=O)n(C(C)=O)c(=O)n1C(C)=O. The van der Waals surface area contributed by atoms with Crippen LogP contribution in [-0.2, 0) is 21.1 Å². The van der Waals surface area contributed by atoms with Gasteiger partial charge in [0.05, 0.1) is 11.4 Å². The predicted molar refractivity (Wildman–Crippen MR) is 85.2 cm³/mol. The fraction of sp³-hybridized carbons (Fsp3) is 0.462. The summed E-state index contributed by atoms with van der Waals surface area (Å²) in [6.07, 6.45) is 0. The molecular weight excluding hydrogens is 328 g/mol. The minimum atomic E-state index is -0.765. The first-order valence-electron chi connectivity index (χ1n) is 6.30. The van der Waals surface area contributed by atoms with E-state index in [-0.39, 0.29) is 33.1 Å². The maximum atomic E-state index is 12.3. The highest BCUT2D eigenvalue weighted by molar-refractivity contribution is 8.13. The summed E-state index contributed by atoms with van der Waals surface area (Å²) < 4.78 is 1.76. The molecule has 1 aromatic rings. The lowest BCUT2D eigenvalue weighted by Gasteiger charge is -2.06. The molecule has 0 aliphatic carbocycles. The maximum Gasteiger partial charge on any atom is 0.342 e. The van der Waals surface area contributed by atoms with Crippen molar-refractivity contribution in [3.05, 3.63) is 21.9 Å². The zero-order valence-corrected chi connectivity index (χ0v) is 14.3. The number of thioether (sulfide) groups is 2. The maximum absolute atomic E-state index is 12.3. The molecule has 0 saturated heterocycles. The molecule has 0 aromatic carbocycles. The Hall–Kier alpha value is -1.61. The zero-order valence-electron chi connectivity index (χ0n) is 12.7. The number of nitrogens with zero attached hydrogens (tertiary/aromatic N) is 2. The van der Waals surface area contributed by atoms with E-state index < -0.39 is 17.5 Å². The second kappa shape index (κ2) is 7.59. The highest BCUT2D eigenvalue weighted by Crippen LogP contribution is 2.22. The summed E-state index contributed by atoms with van der Waals surface area (Å²) in [5.74, 6) is -0.923. The second-order valence-electron chi connectivity index (χ2n) is 4.45. The molecule has 0 spiro atoms. The van der Waals surface area contributed by atoms with E-state index in [0.717, 1.165) is 32.7 Å². The van der Waals surface area contributed by atoms with E-state index in [4.69, 9.17) is 0 Å². The summed E-state index contributed by atoms with van der Waals surface area (Å²) in [5.41, 5.74) is -0.207. The van der Waals surface area contributed by atoms with Crippen LogP contribution < -0.4 is 5.69 Å². The molecule has 0 atom stereocenters. The molecule has 0 bridgehead atoms. The van der Waals surface area contributed by atoms with Gasteiger partial charge in [0.25, 0.3) is 0 Å². The van der Waals surface area contributed by atoms with Gasteiger partial charge in [-0.15, -0.1) is 0 Å². The fourth-order valence-electron chi connectivity index (χ4n) is 1.87. The summed E-state index contributed by atoms with van der Waals surface area (Å²) in [7, 11) is 0. The van der Waals surface area contributed by atoms with Crippen LogP contribution in [0, 0.1) is 0 Å². The van der Waals surface area contributed by atoms with Gasteiger partial charge in [0, 0.05) is 39.2 Å². The molecule has 7 nitrogen and oxygen atoms in total.